The van der Waals surface area contributed by atoms with E-state index in [-0.39, 0.29) is 5.78 Å². The SMILES string of the molecule is C=CCn1c(C)cc(C(=O)CSc2nnc(N3CCOCC3)n2-c2ccccc2C)c1C. The Bertz CT molecular complexity index is 1130. The smallest absolute Gasteiger partial charge is 0.232 e. The van der Waals surface area contributed by atoms with Crippen LogP contribution in [0.2, 0.25) is 0 Å². The molecule has 8 heteroatoms. The number of aryl methyl sites for hydroxylation is 2. The normalized spacial score (nSPS) is 14.0. The lowest BCUT2D eigenvalue weighted by molar-refractivity contribution is 0.102. The largest absolute Gasteiger partial charge is 0.378 e. The van der Waals surface area contributed by atoms with Gasteiger partial charge in [0.25, 0.3) is 0 Å². The number of hydrogen-bond acceptors (Lipinski definition) is 6. The molecule has 0 radical (unpaired) electrons. The maximum Gasteiger partial charge on any atom is 0.232 e. The summed E-state index contributed by atoms with van der Waals surface area (Å²) in [6, 6.07) is 10.1. The van der Waals surface area contributed by atoms with E-state index in [9.17, 15) is 4.79 Å². The van der Waals surface area contributed by atoms with Gasteiger partial charge in [-0.3, -0.25) is 9.36 Å². The summed E-state index contributed by atoms with van der Waals surface area (Å²) in [4.78, 5) is 15.3. The average molecular weight is 452 g/mol. The molecule has 0 N–H and O–H groups in total. The Morgan fingerprint density at radius 3 is 2.66 bits per heavy atom. The summed E-state index contributed by atoms with van der Waals surface area (Å²) in [5.74, 6) is 1.18. The van der Waals surface area contributed by atoms with Crippen LogP contribution in [0.5, 0.6) is 0 Å². The number of benzene rings is 1. The molecule has 3 heterocycles. The summed E-state index contributed by atoms with van der Waals surface area (Å²) in [6.07, 6.45) is 1.85. The van der Waals surface area contributed by atoms with Crippen LogP contribution in [0.1, 0.15) is 27.3 Å². The number of ether oxygens (including phenoxy) is 1. The number of nitrogens with zero attached hydrogens (tertiary/aromatic N) is 5. The summed E-state index contributed by atoms with van der Waals surface area (Å²) in [7, 11) is 0. The molecule has 32 heavy (non-hydrogen) atoms. The fourth-order valence-electron chi connectivity index (χ4n) is 4.05. The second-order valence-electron chi connectivity index (χ2n) is 7.90. The van der Waals surface area contributed by atoms with Gasteiger partial charge in [-0.1, -0.05) is 36.0 Å². The van der Waals surface area contributed by atoms with Gasteiger partial charge in [0.2, 0.25) is 5.95 Å². The Labute approximate surface area is 193 Å². The lowest BCUT2D eigenvalue weighted by Gasteiger charge is -2.28. The van der Waals surface area contributed by atoms with E-state index in [1.54, 1.807) is 0 Å². The number of carbonyl (C=O) groups is 1. The molecule has 1 aliphatic rings. The summed E-state index contributed by atoms with van der Waals surface area (Å²) in [5.41, 5.74) is 4.95. The molecular weight excluding hydrogens is 422 g/mol. The average Bonchev–Trinajstić information content (AvgIpc) is 3.35. The predicted molar refractivity (Wildman–Crippen MR) is 128 cm³/mol. The van der Waals surface area contributed by atoms with E-state index in [1.807, 2.05) is 38.1 Å². The molecule has 1 fully saturated rings. The van der Waals surface area contributed by atoms with Crippen molar-refractivity contribution in [3.05, 3.63) is 65.5 Å². The Morgan fingerprint density at radius 1 is 1.19 bits per heavy atom. The molecule has 1 aromatic carbocycles. The molecule has 0 amide bonds. The number of thioether (sulfide) groups is 1. The van der Waals surface area contributed by atoms with E-state index >= 15 is 0 Å². The maximum atomic E-state index is 13.1. The first-order chi connectivity index (χ1) is 15.5. The highest BCUT2D eigenvalue weighted by Crippen LogP contribution is 2.29. The highest BCUT2D eigenvalue weighted by molar-refractivity contribution is 7.99. The Kier molecular flexibility index (Phi) is 6.81. The van der Waals surface area contributed by atoms with Crippen LogP contribution < -0.4 is 4.90 Å². The fourth-order valence-corrected chi connectivity index (χ4v) is 4.87. The van der Waals surface area contributed by atoms with Crippen molar-refractivity contribution in [1.82, 2.24) is 19.3 Å². The van der Waals surface area contributed by atoms with Crippen molar-refractivity contribution in [3.63, 3.8) is 0 Å². The van der Waals surface area contributed by atoms with Crippen LogP contribution in [0.4, 0.5) is 5.95 Å². The molecule has 2 aromatic heterocycles. The maximum absolute atomic E-state index is 13.1. The van der Waals surface area contributed by atoms with Crippen molar-refractivity contribution < 1.29 is 9.53 Å². The number of aromatic nitrogens is 4. The van der Waals surface area contributed by atoms with Crippen molar-refractivity contribution in [2.75, 3.05) is 37.0 Å². The molecule has 0 unspecified atom stereocenters. The summed E-state index contributed by atoms with van der Waals surface area (Å²) in [5, 5.41) is 9.69. The molecule has 0 bridgehead atoms. The number of morpholine rings is 1. The molecule has 0 saturated carbocycles. The number of allylic oxidation sites excluding steroid dienone is 1. The first kappa shape index (κ1) is 22.4. The van der Waals surface area contributed by atoms with Crippen LogP contribution in [0.3, 0.4) is 0 Å². The molecule has 1 aliphatic heterocycles. The lowest BCUT2D eigenvalue weighted by atomic mass is 10.2. The second-order valence-corrected chi connectivity index (χ2v) is 8.84. The molecule has 1 saturated heterocycles. The van der Waals surface area contributed by atoms with Gasteiger partial charge in [0.15, 0.2) is 10.9 Å². The zero-order chi connectivity index (χ0) is 22.7. The minimum absolute atomic E-state index is 0.0886. The molecule has 7 nitrogen and oxygen atoms in total. The van der Waals surface area contributed by atoms with E-state index in [0.717, 1.165) is 47.2 Å². The van der Waals surface area contributed by atoms with Crippen LogP contribution in [0.25, 0.3) is 5.69 Å². The van der Waals surface area contributed by atoms with Gasteiger partial charge < -0.3 is 14.2 Å². The third-order valence-electron chi connectivity index (χ3n) is 5.78. The lowest BCUT2D eigenvalue weighted by Crippen LogP contribution is -2.38. The number of ketones is 1. The van der Waals surface area contributed by atoms with Gasteiger partial charge in [0, 0.05) is 36.6 Å². The molecule has 168 valence electrons. The molecule has 3 aromatic rings. The zero-order valence-corrected chi connectivity index (χ0v) is 19.7. The van der Waals surface area contributed by atoms with Crippen molar-refractivity contribution in [2.24, 2.45) is 0 Å². The Morgan fingerprint density at radius 2 is 1.94 bits per heavy atom. The van der Waals surface area contributed by atoms with Gasteiger partial charge in [0.05, 0.1) is 24.7 Å². The van der Waals surface area contributed by atoms with Gasteiger partial charge in [-0.05, 0) is 38.5 Å². The van der Waals surface area contributed by atoms with Gasteiger partial charge in [-0.2, -0.15) is 0 Å². The first-order valence-corrected chi connectivity index (χ1v) is 11.8. The highest BCUT2D eigenvalue weighted by atomic mass is 32.2. The van der Waals surface area contributed by atoms with Crippen LogP contribution in [0.15, 0.2) is 48.1 Å². The minimum Gasteiger partial charge on any atom is -0.378 e. The predicted octanol–water partition coefficient (Wildman–Crippen LogP) is 3.99. The van der Waals surface area contributed by atoms with Crippen molar-refractivity contribution in [2.45, 2.75) is 32.5 Å². The molecule has 0 aliphatic carbocycles. The van der Waals surface area contributed by atoms with E-state index in [2.05, 4.69) is 49.9 Å². The number of anilines is 1. The zero-order valence-electron chi connectivity index (χ0n) is 18.9. The number of hydrogen-bond donors (Lipinski definition) is 0. The third-order valence-corrected chi connectivity index (χ3v) is 6.71. The summed E-state index contributed by atoms with van der Waals surface area (Å²) < 4.78 is 9.69. The standard InChI is InChI=1S/C24H29N5O2S/c1-5-10-28-18(3)15-20(19(28)4)22(30)16-32-24-26-25-23(27-11-13-31-14-12-27)29(24)21-9-7-6-8-17(21)2/h5-9,15H,1,10-14,16H2,2-4H3. The quantitative estimate of drug-likeness (QED) is 0.293. The Balaban J connectivity index is 1.62. The second kappa shape index (κ2) is 9.75. The monoisotopic (exact) mass is 451 g/mol. The number of carbonyl (C=O) groups excluding carboxylic acids is 1. The van der Waals surface area contributed by atoms with Gasteiger partial charge >= 0.3 is 0 Å². The van der Waals surface area contributed by atoms with Gasteiger partial charge in [-0.15, -0.1) is 16.8 Å². The first-order valence-electron chi connectivity index (χ1n) is 10.8. The highest BCUT2D eigenvalue weighted by Gasteiger charge is 2.24. The van der Waals surface area contributed by atoms with E-state index < -0.39 is 0 Å². The molecule has 0 atom stereocenters. The van der Waals surface area contributed by atoms with Crippen molar-refractivity contribution >= 4 is 23.5 Å². The van der Waals surface area contributed by atoms with E-state index in [0.29, 0.717) is 30.7 Å². The number of rotatable bonds is 8. The molecule has 0 spiro atoms. The van der Waals surface area contributed by atoms with Crippen molar-refractivity contribution in [3.8, 4) is 5.69 Å². The summed E-state index contributed by atoms with van der Waals surface area (Å²) >= 11 is 1.43. The number of para-hydroxylation sites is 1. The topological polar surface area (TPSA) is 65.2 Å². The number of Topliss-reactive ketones (excluding diaryl/α,β-unsaturated/α-hetero) is 1. The fraction of sp³-hybridized carbons (Fsp3) is 0.375. The van der Waals surface area contributed by atoms with Crippen LogP contribution in [-0.4, -0.2) is 57.2 Å². The third kappa shape index (κ3) is 4.38. The molecular formula is C24H29N5O2S. The van der Waals surface area contributed by atoms with Crippen LogP contribution in [0, 0.1) is 20.8 Å². The molecule has 4 rings (SSSR count). The Hall–Kier alpha value is -2.84. The van der Waals surface area contributed by atoms with E-state index in [1.165, 1.54) is 11.8 Å². The van der Waals surface area contributed by atoms with Crippen molar-refractivity contribution in [1.29, 1.82) is 0 Å². The minimum atomic E-state index is 0.0886. The van der Waals surface area contributed by atoms with E-state index in [4.69, 9.17) is 4.74 Å². The van der Waals surface area contributed by atoms with Gasteiger partial charge in [0.1, 0.15) is 0 Å². The van der Waals surface area contributed by atoms with Gasteiger partial charge in [-0.25, -0.2) is 0 Å². The van der Waals surface area contributed by atoms with Crippen LogP contribution in [-0.2, 0) is 11.3 Å². The summed E-state index contributed by atoms with van der Waals surface area (Å²) in [6.45, 7) is 13.5. The van der Waals surface area contributed by atoms with Crippen LogP contribution >= 0.6 is 11.8 Å².